The summed E-state index contributed by atoms with van der Waals surface area (Å²) in [6, 6.07) is 0. The van der Waals surface area contributed by atoms with Crippen LogP contribution in [0.4, 0.5) is 0 Å². The standard InChI is InChI=1S/C24H42O2/c1-5-6-15(2)18-7-8-19-22-20(10-12-24(18,19)4)23(3)11-9-17(25)13-16(23)14-21(22)26/h15-22,25-26H,5-14H2,1-4H3/t15?,16?,17-,18?,19?,20?,21?,22?,23?,24?/m1/s1. The molecule has 0 bridgehead atoms. The van der Waals surface area contributed by atoms with E-state index in [0.29, 0.717) is 28.6 Å². The van der Waals surface area contributed by atoms with Crippen LogP contribution in [0.1, 0.15) is 91.9 Å². The highest BCUT2D eigenvalue weighted by molar-refractivity contribution is 5.11. The summed E-state index contributed by atoms with van der Waals surface area (Å²) in [5.74, 6) is 4.15. The minimum atomic E-state index is -0.131. The summed E-state index contributed by atoms with van der Waals surface area (Å²) in [6.07, 6.45) is 11.8. The maximum Gasteiger partial charge on any atom is 0.0577 e. The highest BCUT2D eigenvalue weighted by atomic mass is 16.3. The smallest absolute Gasteiger partial charge is 0.0577 e. The van der Waals surface area contributed by atoms with Crippen molar-refractivity contribution in [3.05, 3.63) is 0 Å². The normalized spacial score (nSPS) is 54.9. The topological polar surface area (TPSA) is 40.5 Å². The molecule has 0 heterocycles. The molecule has 2 nitrogen and oxygen atoms in total. The third-order valence-electron chi connectivity index (χ3n) is 10.2. The van der Waals surface area contributed by atoms with E-state index in [-0.39, 0.29) is 12.2 Å². The highest BCUT2D eigenvalue weighted by Crippen LogP contribution is 2.68. The lowest BCUT2D eigenvalue weighted by Crippen LogP contribution is -2.58. The van der Waals surface area contributed by atoms with E-state index >= 15 is 0 Å². The fourth-order valence-electron chi connectivity index (χ4n) is 8.83. The van der Waals surface area contributed by atoms with Crippen LogP contribution in [0.2, 0.25) is 0 Å². The van der Waals surface area contributed by atoms with E-state index < -0.39 is 0 Å². The predicted molar refractivity (Wildman–Crippen MR) is 107 cm³/mol. The quantitative estimate of drug-likeness (QED) is 0.704. The van der Waals surface area contributed by atoms with Gasteiger partial charge in [0, 0.05) is 0 Å². The molecule has 0 aromatic heterocycles. The van der Waals surface area contributed by atoms with E-state index in [0.717, 1.165) is 37.0 Å². The van der Waals surface area contributed by atoms with E-state index in [1.165, 1.54) is 44.9 Å². The van der Waals surface area contributed by atoms with Crippen LogP contribution in [-0.4, -0.2) is 22.4 Å². The lowest BCUT2D eigenvalue weighted by molar-refractivity contribution is -0.174. The van der Waals surface area contributed by atoms with E-state index in [2.05, 4.69) is 27.7 Å². The van der Waals surface area contributed by atoms with Crippen LogP contribution in [0, 0.1) is 46.3 Å². The van der Waals surface area contributed by atoms with Crippen molar-refractivity contribution in [1.82, 2.24) is 0 Å². The molecule has 4 saturated carbocycles. The second-order valence-electron chi connectivity index (χ2n) is 11.2. The van der Waals surface area contributed by atoms with Crippen LogP contribution in [0.15, 0.2) is 0 Å². The van der Waals surface area contributed by atoms with Crippen molar-refractivity contribution in [1.29, 1.82) is 0 Å². The van der Waals surface area contributed by atoms with Crippen molar-refractivity contribution in [2.75, 3.05) is 0 Å². The van der Waals surface area contributed by atoms with Gasteiger partial charge in [0.25, 0.3) is 0 Å². The number of rotatable bonds is 3. The first kappa shape index (κ1) is 19.2. The van der Waals surface area contributed by atoms with Crippen LogP contribution in [0.25, 0.3) is 0 Å². The summed E-state index contributed by atoms with van der Waals surface area (Å²) in [5, 5.41) is 21.5. The molecule has 26 heavy (non-hydrogen) atoms. The minimum absolute atomic E-state index is 0.128. The molecule has 0 aliphatic heterocycles. The Morgan fingerprint density at radius 3 is 2.35 bits per heavy atom. The molecule has 9 unspecified atom stereocenters. The maximum absolute atomic E-state index is 11.3. The van der Waals surface area contributed by atoms with Gasteiger partial charge in [-0.1, -0.05) is 40.5 Å². The predicted octanol–water partition coefficient (Wildman–Crippen LogP) is 5.41. The average Bonchev–Trinajstić information content (AvgIpc) is 2.94. The van der Waals surface area contributed by atoms with Crippen molar-refractivity contribution in [2.24, 2.45) is 46.3 Å². The molecule has 0 aromatic carbocycles. The average molecular weight is 363 g/mol. The third kappa shape index (κ3) is 2.72. The molecule has 150 valence electrons. The highest BCUT2D eigenvalue weighted by Gasteiger charge is 2.62. The van der Waals surface area contributed by atoms with Crippen LogP contribution in [0.5, 0.6) is 0 Å². The number of hydrogen-bond acceptors (Lipinski definition) is 2. The molecule has 0 amide bonds. The molecule has 2 heteroatoms. The van der Waals surface area contributed by atoms with Gasteiger partial charge in [0.1, 0.15) is 0 Å². The van der Waals surface area contributed by atoms with Gasteiger partial charge in [0.05, 0.1) is 12.2 Å². The second kappa shape index (κ2) is 6.76. The van der Waals surface area contributed by atoms with Gasteiger partial charge in [-0.05, 0) is 97.7 Å². The van der Waals surface area contributed by atoms with Gasteiger partial charge in [-0.2, -0.15) is 0 Å². The van der Waals surface area contributed by atoms with Crippen molar-refractivity contribution in [2.45, 2.75) is 104 Å². The van der Waals surface area contributed by atoms with Crippen molar-refractivity contribution in [3.8, 4) is 0 Å². The monoisotopic (exact) mass is 362 g/mol. The van der Waals surface area contributed by atoms with Crippen molar-refractivity contribution < 1.29 is 10.2 Å². The summed E-state index contributed by atoms with van der Waals surface area (Å²) in [4.78, 5) is 0. The zero-order chi connectivity index (χ0) is 18.7. The van der Waals surface area contributed by atoms with Gasteiger partial charge in [-0.25, -0.2) is 0 Å². The first-order valence-corrected chi connectivity index (χ1v) is 11.7. The lowest BCUT2D eigenvalue weighted by Gasteiger charge is -2.62. The van der Waals surface area contributed by atoms with Crippen LogP contribution >= 0.6 is 0 Å². The van der Waals surface area contributed by atoms with E-state index in [4.69, 9.17) is 0 Å². The Balaban J connectivity index is 1.61. The van der Waals surface area contributed by atoms with Crippen LogP contribution in [0.3, 0.4) is 0 Å². The first-order chi connectivity index (χ1) is 12.3. The maximum atomic E-state index is 11.3. The molecule has 4 aliphatic rings. The molecule has 4 aliphatic carbocycles. The molecular weight excluding hydrogens is 320 g/mol. The number of hydrogen-bond donors (Lipinski definition) is 2. The zero-order valence-corrected chi connectivity index (χ0v) is 17.6. The van der Waals surface area contributed by atoms with Gasteiger partial charge in [0.2, 0.25) is 0 Å². The van der Waals surface area contributed by atoms with Crippen molar-refractivity contribution in [3.63, 3.8) is 0 Å². The van der Waals surface area contributed by atoms with Gasteiger partial charge in [-0.3, -0.25) is 0 Å². The molecule has 2 N–H and O–H groups in total. The third-order valence-corrected chi connectivity index (χ3v) is 10.2. The molecule has 0 radical (unpaired) electrons. The summed E-state index contributed by atoms with van der Waals surface area (Å²) in [5.41, 5.74) is 0.811. The SMILES string of the molecule is CCCC(C)C1CCC2C3C(O)CC4C[C@H](O)CCC4(C)C3CCC12C. The summed E-state index contributed by atoms with van der Waals surface area (Å²) in [7, 11) is 0. The molecular formula is C24H42O2. The number of aliphatic hydroxyl groups excluding tert-OH is 2. The molecule has 0 saturated heterocycles. The first-order valence-electron chi connectivity index (χ1n) is 11.7. The summed E-state index contributed by atoms with van der Waals surface area (Å²) in [6.45, 7) is 9.92. The molecule has 10 atom stereocenters. The van der Waals surface area contributed by atoms with Gasteiger partial charge >= 0.3 is 0 Å². The largest absolute Gasteiger partial charge is 0.393 e. The lowest BCUT2D eigenvalue weighted by atomic mass is 9.43. The molecule has 4 rings (SSSR count). The zero-order valence-electron chi connectivity index (χ0n) is 17.6. The Bertz CT molecular complexity index is 518. The second-order valence-corrected chi connectivity index (χ2v) is 11.2. The van der Waals surface area contributed by atoms with E-state index in [9.17, 15) is 10.2 Å². The number of aliphatic hydroxyl groups is 2. The Morgan fingerprint density at radius 1 is 0.923 bits per heavy atom. The molecule has 4 fully saturated rings. The minimum Gasteiger partial charge on any atom is -0.393 e. The van der Waals surface area contributed by atoms with Gasteiger partial charge < -0.3 is 10.2 Å². The summed E-state index contributed by atoms with van der Waals surface area (Å²) < 4.78 is 0. The van der Waals surface area contributed by atoms with Crippen LogP contribution < -0.4 is 0 Å². The Kier molecular flexibility index (Phi) is 5.01. The van der Waals surface area contributed by atoms with Gasteiger partial charge in [-0.15, -0.1) is 0 Å². The molecule has 0 aromatic rings. The van der Waals surface area contributed by atoms with E-state index in [1.807, 2.05) is 0 Å². The summed E-state index contributed by atoms with van der Waals surface area (Å²) >= 11 is 0. The Morgan fingerprint density at radius 2 is 1.62 bits per heavy atom. The Labute approximate surface area is 161 Å². The van der Waals surface area contributed by atoms with Crippen molar-refractivity contribution >= 4 is 0 Å². The fourth-order valence-corrected chi connectivity index (χ4v) is 8.83. The number of fused-ring (bicyclic) bond motifs is 5. The van der Waals surface area contributed by atoms with E-state index in [1.54, 1.807) is 0 Å². The Hall–Kier alpha value is -0.0800. The molecule has 0 spiro atoms. The fraction of sp³-hybridized carbons (Fsp3) is 1.00. The van der Waals surface area contributed by atoms with Crippen LogP contribution in [-0.2, 0) is 0 Å². The van der Waals surface area contributed by atoms with Gasteiger partial charge in [0.15, 0.2) is 0 Å².